The lowest BCUT2D eigenvalue weighted by Gasteiger charge is -2.36. The molecule has 3 heterocycles. The molecule has 2 aliphatic rings. The molecule has 2 aliphatic heterocycles. The van der Waals surface area contributed by atoms with Gasteiger partial charge in [-0.25, -0.2) is 4.98 Å². The number of ether oxygens (including phenoxy) is 1. The molecule has 0 spiro atoms. The van der Waals surface area contributed by atoms with Crippen molar-refractivity contribution >= 4 is 5.91 Å². The SMILES string of the molecule is CC1COCCN1C(=O)C1Cc2nc[nH]c2CN1. The van der Waals surface area contributed by atoms with Crippen LogP contribution in [0.4, 0.5) is 0 Å². The van der Waals surface area contributed by atoms with Crippen LogP contribution in [0.3, 0.4) is 0 Å². The first-order chi connectivity index (χ1) is 8.75. The predicted octanol–water partition coefficient (Wildman–Crippen LogP) is -0.329. The molecule has 6 heteroatoms. The van der Waals surface area contributed by atoms with Crippen LogP contribution < -0.4 is 5.32 Å². The van der Waals surface area contributed by atoms with E-state index in [4.69, 9.17) is 4.74 Å². The predicted molar refractivity (Wildman–Crippen MR) is 64.9 cm³/mol. The van der Waals surface area contributed by atoms with Crippen LogP contribution in [0.1, 0.15) is 18.3 Å². The Labute approximate surface area is 106 Å². The first-order valence-electron chi connectivity index (χ1n) is 6.38. The topological polar surface area (TPSA) is 70.2 Å². The maximum Gasteiger partial charge on any atom is 0.240 e. The maximum atomic E-state index is 12.5. The zero-order valence-corrected chi connectivity index (χ0v) is 10.5. The minimum atomic E-state index is -0.152. The summed E-state index contributed by atoms with van der Waals surface area (Å²) in [5, 5.41) is 3.28. The van der Waals surface area contributed by atoms with Gasteiger partial charge in [-0.1, -0.05) is 0 Å². The summed E-state index contributed by atoms with van der Waals surface area (Å²) in [6.07, 6.45) is 2.36. The number of amides is 1. The number of rotatable bonds is 1. The molecule has 1 fully saturated rings. The van der Waals surface area contributed by atoms with Gasteiger partial charge in [-0.15, -0.1) is 0 Å². The number of morpholine rings is 1. The maximum absolute atomic E-state index is 12.5. The first-order valence-corrected chi connectivity index (χ1v) is 6.38. The number of carbonyl (C=O) groups excluding carboxylic acids is 1. The van der Waals surface area contributed by atoms with Gasteiger partial charge in [0.1, 0.15) is 0 Å². The second-order valence-electron chi connectivity index (χ2n) is 4.92. The average Bonchev–Trinajstić information content (AvgIpc) is 2.85. The molecule has 0 aliphatic carbocycles. The number of nitrogens with one attached hydrogen (secondary N) is 2. The Hall–Kier alpha value is -1.40. The molecular formula is C12H18N4O2. The Morgan fingerprint density at radius 2 is 2.50 bits per heavy atom. The van der Waals surface area contributed by atoms with Crippen LogP contribution in [0.25, 0.3) is 0 Å². The van der Waals surface area contributed by atoms with E-state index < -0.39 is 0 Å². The number of imidazole rings is 1. The monoisotopic (exact) mass is 250 g/mol. The molecule has 2 unspecified atom stereocenters. The summed E-state index contributed by atoms with van der Waals surface area (Å²) < 4.78 is 5.36. The van der Waals surface area contributed by atoms with Gasteiger partial charge in [0, 0.05) is 19.5 Å². The van der Waals surface area contributed by atoms with Crippen LogP contribution in [0.15, 0.2) is 6.33 Å². The fourth-order valence-electron chi connectivity index (χ4n) is 2.60. The van der Waals surface area contributed by atoms with Crippen LogP contribution in [-0.2, 0) is 22.5 Å². The fourth-order valence-corrected chi connectivity index (χ4v) is 2.60. The molecule has 0 aromatic carbocycles. The third-order valence-electron chi connectivity index (χ3n) is 3.68. The van der Waals surface area contributed by atoms with Gasteiger partial charge in [0.2, 0.25) is 5.91 Å². The van der Waals surface area contributed by atoms with Crippen molar-refractivity contribution in [1.29, 1.82) is 0 Å². The van der Waals surface area contributed by atoms with Gasteiger partial charge < -0.3 is 14.6 Å². The zero-order chi connectivity index (χ0) is 12.5. The Morgan fingerprint density at radius 1 is 1.61 bits per heavy atom. The smallest absolute Gasteiger partial charge is 0.240 e. The molecule has 0 radical (unpaired) electrons. The van der Waals surface area contributed by atoms with Crippen LogP contribution in [0, 0.1) is 0 Å². The van der Waals surface area contributed by atoms with Crippen LogP contribution >= 0.6 is 0 Å². The normalized spacial score (nSPS) is 27.9. The molecule has 2 N–H and O–H groups in total. The van der Waals surface area contributed by atoms with E-state index in [1.165, 1.54) is 0 Å². The zero-order valence-electron chi connectivity index (χ0n) is 10.5. The summed E-state index contributed by atoms with van der Waals surface area (Å²) >= 11 is 0. The third kappa shape index (κ3) is 2.02. The molecule has 0 bridgehead atoms. The summed E-state index contributed by atoms with van der Waals surface area (Å²) in [6, 6.07) is 0.00924. The molecule has 1 saturated heterocycles. The van der Waals surface area contributed by atoms with Crippen molar-refractivity contribution < 1.29 is 9.53 Å². The summed E-state index contributed by atoms with van der Waals surface area (Å²) in [5.41, 5.74) is 2.10. The number of hydrogen-bond acceptors (Lipinski definition) is 4. The average molecular weight is 250 g/mol. The Balaban J connectivity index is 1.70. The van der Waals surface area contributed by atoms with Gasteiger partial charge in [0.05, 0.1) is 43.0 Å². The van der Waals surface area contributed by atoms with Gasteiger partial charge in [-0.3, -0.25) is 10.1 Å². The van der Waals surface area contributed by atoms with E-state index in [1.54, 1.807) is 6.33 Å². The van der Waals surface area contributed by atoms with E-state index in [0.29, 0.717) is 32.7 Å². The van der Waals surface area contributed by atoms with Gasteiger partial charge in [0.25, 0.3) is 0 Å². The van der Waals surface area contributed by atoms with E-state index in [0.717, 1.165) is 11.4 Å². The molecule has 0 saturated carbocycles. The summed E-state index contributed by atoms with van der Waals surface area (Å²) in [5.74, 6) is 0.166. The number of hydrogen-bond donors (Lipinski definition) is 2. The van der Waals surface area contributed by atoms with Crippen molar-refractivity contribution in [2.24, 2.45) is 0 Å². The van der Waals surface area contributed by atoms with E-state index >= 15 is 0 Å². The molecule has 6 nitrogen and oxygen atoms in total. The number of fused-ring (bicyclic) bond motifs is 1. The molecular weight excluding hydrogens is 232 g/mol. The van der Waals surface area contributed by atoms with Gasteiger partial charge in [-0.2, -0.15) is 0 Å². The van der Waals surface area contributed by atoms with Crippen molar-refractivity contribution in [2.75, 3.05) is 19.8 Å². The van der Waals surface area contributed by atoms with Crippen molar-refractivity contribution in [1.82, 2.24) is 20.2 Å². The second kappa shape index (κ2) is 4.70. The molecule has 1 aromatic heterocycles. The van der Waals surface area contributed by atoms with Crippen molar-refractivity contribution in [2.45, 2.75) is 32.0 Å². The van der Waals surface area contributed by atoms with Crippen LogP contribution in [0.5, 0.6) is 0 Å². The fraction of sp³-hybridized carbons (Fsp3) is 0.667. The highest BCUT2D eigenvalue weighted by atomic mass is 16.5. The van der Waals surface area contributed by atoms with E-state index in [2.05, 4.69) is 15.3 Å². The van der Waals surface area contributed by atoms with Crippen molar-refractivity contribution in [3.63, 3.8) is 0 Å². The number of carbonyl (C=O) groups is 1. The lowest BCUT2D eigenvalue weighted by molar-refractivity contribution is -0.141. The largest absolute Gasteiger partial charge is 0.377 e. The lowest BCUT2D eigenvalue weighted by Crippen LogP contribution is -2.55. The summed E-state index contributed by atoms with van der Waals surface area (Å²) in [7, 11) is 0. The standard InChI is InChI=1S/C12H18N4O2/c1-8-6-18-3-2-16(8)12(17)10-4-9-11(5-13-10)15-7-14-9/h7-8,10,13H,2-6H2,1H3,(H,14,15). The van der Waals surface area contributed by atoms with E-state index in [1.807, 2.05) is 11.8 Å². The quantitative estimate of drug-likeness (QED) is 0.716. The number of aromatic nitrogens is 2. The van der Waals surface area contributed by atoms with Gasteiger partial charge >= 0.3 is 0 Å². The highest BCUT2D eigenvalue weighted by Crippen LogP contribution is 2.16. The molecule has 1 amide bonds. The van der Waals surface area contributed by atoms with Crippen LogP contribution in [-0.4, -0.2) is 52.6 Å². The Morgan fingerprint density at radius 3 is 3.33 bits per heavy atom. The Bertz CT molecular complexity index is 445. The van der Waals surface area contributed by atoms with Crippen molar-refractivity contribution in [3.05, 3.63) is 17.7 Å². The number of H-pyrrole nitrogens is 1. The minimum absolute atomic E-state index is 0.152. The summed E-state index contributed by atoms with van der Waals surface area (Å²) in [6.45, 7) is 4.67. The molecule has 1 aromatic rings. The minimum Gasteiger partial charge on any atom is -0.377 e. The second-order valence-corrected chi connectivity index (χ2v) is 4.92. The highest BCUT2D eigenvalue weighted by molar-refractivity contribution is 5.82. The summed E-state index contributed by atoms with van der Waals surface area (Å²) in [4.78, 5) is 21.7. The van der Waals surface area contributed by atoms with Gasteiger partial charge in [0.15, 0.2) is 0 Å². The molecule has 2 atom stereocenters. The molecule has 3 rings (SSSR count). The molecule has 18 heavy (non-hydrogen) atoms. The van der Waals surface area contributed by atoms with Crippen LogP contribution in [0.2, 0.25) is 0 Å². The molecule has 98 valence electrons. The first kappa shape index (κ1) is 11.7. The Kier molecular flexibility index (Phi) is 3.05. The van der Waals surface area contributed by atoms with Gasteiger partial charge in [-0.05, 0) is 6.92 Å². The lowest BCUT2D eigenvalue weighted by atomic mass is 10.0. The third-order valence-corrected chi connectivity index (χ3v) is 3.68. The number of aromatic amines is 1. The van der Waals surface area contributed by atoms with E-state index in [-0.39, 0.29) is 18.0 Å². The highest BCUT2D eigenvalue weighted by Gasteiger charge is 2.32. The number of nitrogens with zero attached hydrogens (tertiary/aromatic N) is 2. The van der Waals surface area contributed by atoms with Crippen molar-refractivity contribution in [3.8, 4) is 0 Å². The van der Waals surface area contributed by atoms with E-state index in [9.17, 15) is 4.79 Å².